The van der Waals surface area contributed by atoms with Gasteiger partial charge in [-0.05, 0) is 42.0 Å². The Balaban J connectivity index is 2.14. The highest BCUT2D eigenvalue weighted by Gasteiger charge is 2.22. The number of hydrazone groups is 1. The van der Waals surface area contributed by atoms with Gasteiger partial charge >= 0.3 is 5.97 Å². The van der Waals surface area contributed by atoms with Gasteiger partial charge in [-0.2, -0.15) is 5.10 Å². The van der Waals surface area contributed by atoms with Crippen LogP contribution in [-0.4, -0.2) is 35.7 Å². The number of hydrogen-bond donors (Lipinski definition) is 3. The predicted molar refractivity (Wildman–Crippen MR) is 106 cm³/mol. The second kappa shape index (κ2) is 8.24. The maximum atomic E-state index is 11.4. The molecule has 0 fully saturated rings. The summed E-state index contributed by atoms with van der Waals surface area (Å²) in [6.45, 7) is 0.0841. The van der Waals surface area contributed by atoms with Gasteiger partial charge in [-0.25, -0.2) is 0 Å². The minimum Gasteiger partial charge on any atom is -0.481 e. The molecule has 3 rings (SSSR count). The van der Waals surface area contributed by atoms with Gasteiger partial charge in [0.1, 0.15) is 0 Å². The molecular weight excluding hydrogens is 390 g/mol. The van der Waals surface area contributed by atoms with Crippen LogP contribution in [0.1, 0.15) is 16.7 Å². The second-order valence-electron chi connectivity index (χ2n) is 5.59. The van der Waals surface area contributed by atoms with Gasteiger partial charge in [-0.3, -0.25) is 10.2 Å². The fourth-order valence-corrected chi connectivity index (χ4v) is 2.74. The van der Waals surface area contributed by atoms with E-state index in [1.54, 1.807) is 43.4 Å². The van der Waals surface area contributed by atoms with E-state index in [2.05, 4.69) is 15.8 Å². The zero-order valence-corrected chi connectivity index (χ0v) is 15.9. The number of nitrogens with one attached hydrogen (secondary N) is 2. The minimum absolute atomic E-state index is 0.0841. The van der Waals surface area contributed by atoms with E-state index in [4.69, 9.17) is 33.3 Å². The molecule has 7 nitrogen and oxygen atoms in total. The number of carbonyl (C=O) groups is 1. The summed E-state index contributed by atoms with van der Waals surface area (Å²) in [5.74, 6) is 0.0606. The van der Waals surface area contributed by atoms with E-state index in [9.17, 15) is 9.90 Å². The molecule has 9 heteroatoms. The maximum Gasteiger partial charge on any atom is 0.307 e. The van der Waals surface area contributed by atoms with Crippen molar-refractivity contribution in [3.8, 4) is 11.5 Å². The van der Waals surface area contributed by atoms with Crippen molar-refractivity contribution in [3.63, 3.8) is 0 Å². The Morgan fingerprint density at radius 1 is 1.26 bits per heavy atom. The zero-order chi connectivity index (χ0) is 19.4. The SMILES string of the molecule is CNC(=S)N/N=C(/c1ccc(Cl)cc1)c1cc2c(cc1CC(=O)O)OCO2. The van der Waals surface area contributed by atoms with E-state index in [-0.39, 0.29) is 13.2 Å². The smallest absolute Gasteiger partial charge is 0.307 e. The van der Waals surface area contributed by atoms with Crippen molar-refractivity contribution in [3.05, 3.63) is 58.1 Å². The first-order chi connectivity index (χ1) is 13.0. The van der Waals surface area contributed by atoms with Crippen molar-refractivity contribution in [2.75, 3.05) is 13.8 Å². The van der Waals surface area contributed by atoms with Crippen molar-refractivity contribution >= 4 is 40.6 Å². The van der Waals surface area contributed by atoms with E-state index >= 15 is 0 Å². The van der Waals surface area contributed by atoms with Crippen LogP contribution >= 0.6 is 23.8 Å². The number of hydrogen-bond acceptors (Lipinski definition) is 5. The number of carboxylic acid groups (broad SMARTS) is 1. The fourth-order valence-electron chi connectivity index (χ4n) is 2.56. The summed E-state index contributed by atoms with van der Waals surface area (Å²) in [5, 5.41) is 17.4. The molecule has 27 heavy (non-hydrogen) atoms. The van der Waals surface area contributed by atoms with Gasteiger partial charge in [0.25, 0.3) is 0 Å². The Kier molecular flexibility index (Phi) is 5.78. The minimum atomic E-state index is -0.968. The summed E-state index contributed by atoms with van der Waals surface area (Å²) < 4.78 is 10.8. The molecule has 2 aromatic carbocycles. The fraction of sp³-hybridized carbons (Fsp3) is 0.167. The molecule has 1 aliphatic heterocycles. The number of halogens is 1. The summed E-state index contributed by atoms with van der Waals surface area (Å²) in [6, 6.07) is 10.4. The van der Waals surface area contributed by atoms with Crippen molar-refractivity contribution in [2.24, 2.45) is 5.10 Å². The average Bonchev–Trinajstić information content (AvgIpc) is 3.09. The number of thiocarbonyl (C=S) groups is 1. The Hall–Kier alpha value is -2.84. The molecule has 3 N–H and O–H groups in total. The molecule has 0 aromatic heterocycles. The van der Waals surface area contributed by atoms with Crippen LogP contribution in [0.5, 0.6) is 11.5 Å². The van der Waals surface area contributed by atoms with Gasteiger partial charge < -0.3 is 19.9 Å². The lowest BCUT2D eigenvalue weighted by atomic mass is 9.95. The second-order valence-corrected chi connectivity index (χ2v) is 6.44. The highest BCUT2D eigenvalue weighted by molar-refractivity contribution is 7.80. The predicted octanol–water partition coefficient (Wildman–Crippen LogP) is 2.54. The van der Waals surface area contributed by atoms with Crippen LogP contribution in [0.25, 0.3) is 0 Å². The van der Waals surface area contributed by atoms with Gasteiger partial charge in [-0.1, -0.05) is 23.7 Å². The molecule has 0 unspecified atom stereocenters. The van der Waals surface area contributed by atoms with E-state index in [1.807, 2.05) is 0 Å². The number of benzene rings is 2. The molecule has 0 saturated heterocycles. The molecular formula is C18H16ClN3O4S. The van der Waals surface area contributed by atoms with Gasteiger partial charge in [0.2, 0.25) is 6.79 Å². The lowest BCUT2D eigenvalue weighted by Gasteiger charge is -2.14. The number of carboxylic acids is 1. The first-order valence-electron chi connectivity index (χ1n) is 7.94. The summed E-state index contributed by atoms with van der Waals surface area (Å²) in [7, 11) is 1.67. The van der Waals surface area contributed by atoms with Crippen LogP contribution in [0.4, 0.5) is 0 Å². The summed E-state index contributed by atoms with van der Waals surface area (Å²) >= 11 is 11.1. The summed E-state index contributed by atoms with van der Waals surface area (Å²) in [4.78, 5) is 11.4. The molecule has 1 heterocycles. The molecule has 0 saturated carbocycles. The molecule has 140 valence electrons. The Morgan fingerprint density at radius 2 is 1.93 bits per heavy atom. The third-order valence-electron chi connectivity index (χ3n) is 3.81. The largest absolute Gasteiger partial charge is 0.481 e. The monoisotopic (exact) mass is 405 g/mol. The number of nitrogens with zero attached hydrogens (tertiary/aromatic N) is 1. The molecule has 0 aliphatic carbocycles. The lowest BCUT2D eigenvalue weighted by Crippen LogP contribution is -2.30. The van der Waals surface area contributed by atoms with Gasteiger partial charge in [-0.15, -0.1) is 0 Å². The molecule has 2 aromatic rings. The summed E-state index contributed by atoms with van der Waals surface area (Å²) in [6.07, 6.45) is -0.199. The molecule has 0 spiro atoms. The van der Waals surface area contributed by atoms with Crippen LogP contribution < -0.4 is 20.2 Å². The molecule has 0 amide bonds. The molecule has 0 radical (unpaired) electrons. The first-order valence-corrected chi connectivity index (χ1v) is 8.72. The van der Waals surface area contributed by atoms with Gasteiger partial charge in [0.15, 0.2) is 16.6 Å². The van der Waals surface area contributed by atoms with Crippen molar-refractivity contribution in [1.29, 1.82) is 0 Å². The number of aliphatic carboxylic acids is 1. The molecule has 0 bridgehead atoms. The van der Waals surface area contributed by atoms with Crippen LogP contribution in [0.2, 0.25) is 5.02 Å². The van der Waals surface area contributed by atoms with E-state index in [0.717, 1.165) is 5.56 Å². The topological polar surface area (TPSA) is 92.2 Å². The average molecular weight is 406 g/mol. The molecule has 0 atom stereocenters. The number of ether oxygens (including phenoxy) is 2. The maximum absolute atomic E-state index is 11.4. The van der Waals surface area contributed by atoms with Gasteiger partial charge in [0.05, 0.1) is 12.1 Å². The van der Waals surface area contributed by atoms with Crippen LogP contribution in [0.15, 0.2) is 41.5 Å². The van der Waals surface area contributed by atoms with E-state index in [1.165, 1.54) is 0 Å². The standard InChI is InChI=1S/C18H16ClN3O4S/c1-20-18(27)22-21-17(10-2-4-12(19)5-3-10)13-8-15-14(25-9-26-15)6-11(13)7-16(23)24/h2-6,8H,7,9H2,1H3,(H,23,24)(H2,20,22,27)/b21-17-. The van der Waals surface area contributed by atoms with Crippen LogP contribution in [-0.2, 0) is 11.2 Å². The number of fused-ring (bicyclic) bond motifs is 1. The third kappa shape index (κ3) is 4.47. The normalized spacial score (nSPS) is 12.6. The zero-order valence-electron chi connectivity index (χ0n) is 14.3. The first kappa shape index (κ1) is 18.9. The Morgan fingerprint density at radius 3 is 2.56 bits per heavy atom. The van der Waals surface area contributed by atoms with Crippen molar-refractivity contribution in [1.82, 2.24) is 10.7 Å². The highest BCUT2D eigenvalue weighted by Crippen LogP contribution is 2.36. The summed E-state index contributed by atoms with van der Waals surface area (Å²) in [5.41, 5.74) is 5.11. The van der Waals surface area contributed by atoms with Crippen molar-refractivity contribution < 1.29 is 19.4 Å². The van der Waals surface area contributed by atoms with E-state index in [0.29, 0.717) is 38.5 Å². The van der Waals surface area contributed by atoms with Gasteiger partial charge in [0, 0.05) is 23.2 Å². The van der Waals surface area contributed by atoms with Crippen LogP contribution in [0, 0.1) is 0 Å². The number of rotatable bonds is 5. The molecule has 1 aliphatic rings. The van der Waals surface area contributed by atoms with E-state index < -0.39 is 5.97 Å². The van der Waals surface area contributed by atoms with Crippen LogP contribution in [0.3, 0.4) is 0 Å². The lowest BCUT2D eigenvalue weighted by molar-refractivity contribution is -0.136. The Labute approximate surface area is 165 Å². The third-order valence-corrected chi connectivity index (χ3v) is 4.36. The quantitative estimate of drug-likeness (QED) is 0.400. The van der Waals surface area contributed by atoms with Crippen molar-refractivity contribution in [2.45, 2.75) is 6.42 Å². The Bertz CT molecular complexity index is 916. The highest BCUT2D eigenvalue weighted by atomic mass is 35.5.